The van der Waals surface area contributed by atoms with E-state index >= 15 is 0 Å². The summed E-state index contributed by atoms with van der Waals surface area (Å²) in [4.78, 5) is 14.8. The highest BCUT2D eigenvalue weighted by molar-refractivity contribution is 5.73. The molecule has 11 rings (SSSR count). The lowest BCUT2D eigenvalue weighted by atomic mass is 9.41. The zero-order chi connectivity index (χ0) is 37.9. The molecular weight excluding hydrogens is 681 g/mol. The van der Waals surface area contributed by atoms with Crippen LogP contribution in [0.25, 0.3) is 56.4 Å². The topological polar surface area (TPSA) is 62.5 Å². The minimum Gasteiger partial charge on any atom is -0.208 e. The van der Waals surface area contributed by atoms with Crippen LogP contribution in [0, 0.1) is 37.0 Å². The number of benzene rings is 6. The van der Waals surface area contributed by atoms with Gasteiger partial charge in [0.15, 0.2) is 17.5 Å². The Morgan fingerprint density at radius 3 is 1.29 bits per heavy atom. The van der Waals surface area contributed by atoms with Crippen LogP contribution >= 0.6 is 0 Å². The summed E-state index contributed by atoms with van der Waals surface area (Å²) in [5, 5.41) is 9.29. The summed E-state index contributed by atoms with van der Waals surface area (Å²) in [5.41, 5.74) is 14.7. The second-order valence-corrected chi connectivity index (χ2v) is 16.9. The first-order chi connectivity index (χ1) is 27.4. The molecule has 2 unspecified atom stereocenters. The molecule has 0 radical (unpaired) electrons. The summed E-state index contributed by atoms with van der Waals surface area (Å²) in [5.74, 6) is 3.58. The molecule has 1 aromatic heterocycles. The van der Waals surface area contributed by atoms with Crippen molar-refractivity contribution in [1.82, 2.24) is 15.0 Å². The number of nitrogens with zero attached hydrogens (tertiary/aromatic N) is 4. The van der Waals surface area contributed by atoms with Gasteiger partial charge >= 0.3 is 0 Å². The van der Waals surface area contributed by atoms with Gasteiger partial charge in [0, 0.05) is 16.7 Å². The third-order valence-corrected chi connectivity index (χ3v) is 13.2. The van der Waals surface area contributed by atoms with E-state index in [0.29, 0.717) is 23.0 Å². The molecule has 4 bridgehead atoms. The molecule has 4 aliphatic rings. The van der Waals surface area contributed by atoms with Crippen molar-refractivity contribution in [2.45, 2.75) is 63.2 Å². The van der Waals surface area contributed by atoms with Crippen molar-refractivity contribution in [3.05, 3.63) is 173 Å². The molecule has 2 atom stereocenters. The number of nitriles is 1. The Bertz CT molecular complexity index is 2550. The largest absolute Gasteiger partial charge is 0.208 e. The van der Waals surface area contributed by atoms with E-state index in [1.54, 1.807) is 0 Å². The van der Waals surface area contributed by atoms with Crippen LogP contribution in [0.3, 0.4) is 0 Å². The molecule has 272 valence electrons. The average molecular weight is 725 g/mol. The minimum absolute atomic E-state index is 0.225. The van der Waals surface area contributed by atoms with Crippen molar-refractivity contribution < 1.29 is 0 Å². The fourth-order valence-corrected chi connectivity index (χ4v) is 11.0. The predicted molar refractivity (Wildman–Crippen MR) is 226 cm³/mol. The molecule has 0 spiro atoms. The maximum atomic E-state index is 9.29. The monoisotopic (exact) mass is 724 g/mol. The molecule has 56 heavy (non-hydrogen) atoms. The highest BCUT2D eigenvalue weighted by atomic mass is 15.0. The average Bonchev–Trinajstić information content (AvgIpc) is 3.24. The Morgan fingerprint density at radius 1 is 0.482 bits per heavy atom. The van der Waals surface area contributed by atoms with Crippen LogP contribution in [0.5, 0.6) is 0 Å². The highest BCUT2D eigenvalue weighted by Crippen LogP contribution is 2.66. The standard InChI is InChI=1S/C52H44N4/c1-34-25-44(21-23-46(34)39-15-13-36(32-53)14-16-39)51-28-37-27-38(29-51)31-52(30-37,33-51)45-22-24-47(35(2)26-45)40-17-19-43(20-18-40)50-55-48(41-9-5-3-6-10-41)54-49(56-50)42-11-7-4-8-12-42/h3-26,37-38H,27-31,33H2,1-2H3. The third kappa shape index (κ3) is 6.03. The molecule has 4 heteroatoms. The molecule has 4 fully saturated rings. The van der Waals surface area contributed by atoms with Gasteiger partial charge in [0.2, 0.25) is 0 Å². The Hall–Kier alpha value is -6.18. The SMILES string of the molecule is Cc1cc(C23CC4CC(C2)CC(c2ccc(-c5ccc(-c6nc(-c7ccccc7)nc(-c7ccccc7)n6)cc5)c(C)c2)(C4)C3)ccc1-c1ccc(C#N)cc1. The molecule has 4 saturated carbocycles. The molecule has 7 aromatic rings. The molecule has 0 saturated heterocycles. The molecule has 0 aliphatic heterocycles. The summed E-state index contributed by atoms with van der Waals surface area (Å²) >= 11 is 0. The molecule has 6 aromatic carbocycles. The number of hydrogen-bond donors (Lipinski definition) is 0. The van der Waals surface area contributed by atoms with Gasteiger partial charge in [-0.25, -0.2) is 15.0 Å². The number of rotatable bonds is 7. The normalized spacial score (nSPS) is 22.2. The number of aryl methyl sites for hydroxylation is 2. The Morgan fingerprint density at radius 2 is 0.875 bits per heavy atom. The summed E-state index contributed by atoms with van der Waals surface area (Å²) in [6.07, 6.45) is 7.86. The van der Waals surface area contributed by atoms with Gasteiger partial charge in [-0.3, -0.25) is 0 Å². The summed E-state index contributed by atoms with van der Waals surface area (Å²) in [6, 6.07) is 53.9. The molecule has 4 nitrogen and oxygen atoms in total. The summed E-state index contributed by atoms with van der Waals surface area (Å²) in [7, 11) is 0. The van der Waals surface area contributed by atoms with Crippen molar-refractivity contribution in [3.63, 3.8) is 0 Å². The zero-order valence-corrected chi connectivity index (χ0v) is 32.0. The van der Waals surface area contributed by atoms with Crippen molar-refractivity contribution in [1.29, 1.82) is 5.26 Å². The quantitative estimate of drug-likeness (QED) is 0.164. The van der Waals surface area contributed by atoms with E-state index in [2.05, 4.69) is 92.7 Å². The van der Waals surface area contributed by atoms with E-state index < -0.39 is 0 Å². The van der Waals surface area contributed by atoms with Crippen LogP contribution in [0.1, 0.15) is 66.3 Å². The van der Waals surface area contributed by atoms with Crippen molar-refractivity contribution in [2.75, 3.05) is 0 Å². The fourth-order valence-electron chi connectivity index (χ4n) is 11.0. The lowest BCUT2D eigenvalue weighted by Crippen LogP contribution is -2.56. The van der Waals surface area contributed by atoms with E-state index in [4.69, 9.17) is 15.0 Å². The van der Waals surface area contributed by atoms with Crippen LogP contribution < -0.4 is 0 Å². The molecule has 0 amide bonds. The van der Waals surface area contributed by atoms with Crippen molar-refractivity contribution >= 4 is 0 Å². The highest BCUT2D eigenvalue weighted by Gasteiger charge is 2.58. The van der Waals surface area contributed by atoms with E-state index in [-0.39, 0.29) is 10.8 Å². The van der Waals surface area contributed by atoms with Crippen LogP contribution in [-0.4, -0.2) is 15.0 Å². The molecule has 1 heterocycles. The first kappa shape index (κ1) is 34.3. The zero-order valence-electron chi connectivity index (χ0n) is 32.0. The van der Waals surface area contributed by atoms with Crippen molar-refractivity contribution in [2.24, 2.45) is 11.8 Å². The lowest BCUT2D eigenvalue weighted by Gasteiger charge is -2.63. The van der Waals surface area contributed by atoms with Gasteiger partial charge in [0.25, 0.3) is 0 Å². The predicted octanol–water partition coefficient (Wildman–Crippen LogP) is 12.5. The second kappa shape index (κ2) is 13.5. The van der Waals surface area contributed by atoms with E-state index in [1.165, 1.54) is 83.0 Å². The van der Waals surface area contributed by atoms with Gasteiger partial charge in [-0.15, -0.1) is 0 Å². The van der Waals surface area contributed by atoms with Gasteiger partial charge in [-0.1, -0.05) is 133 Å². The lowest BCUT2D eigenvalue weighted by molar-refractivity contribution is -0.0281. The maximum absolute atomic E-state index is 9.29. The van der Waals surface area contributed by atoms with Gasteiger partial charge in [-0.05, 0) is 132 Å². The van der Waals surface area contributed by atoms with E-state index in [9.17, 15) is 5.26 Å². The molecular formula is C52H44N4. The second-order valence-electron chi connectivity index (χ2n) is 16.9. The first-order valence-corrected chi connectivity index (χ1v) is 20.1. The Balaban J connectivity index is 0.939. The van der Waals surface area contributed by atoms with E-state index in [1.807, 2.05) is 72.8 Å². The molecule has 0 N–H and O–H groups in total. The maximum Gasteiger partial charge on any atom is 0.164 e. The Labute approximate surface area is 330 Å². The van der Waals surface area contributed by atoms with Crippen LogP contribution in [-0.2, 0) is 10.8 Å². The van der Waals surface area contributed by atoms with Crippen LogP contribution in [0.2, 0.25) is 0 Å². The first-order valence-electron chi connectivity index (χ1n) is 20.1. The Kier molecular flexibility index (Phi) is 8.29. The van der Waals surface area contributed by atoms with E-state index in [0.717, 1.165) is 28.5 Å². The fraction of sp³-hybridized carbons (Fsp3) is 0.231. The van der Waals surface area contributed by atoms with Gasteiger partial charge in [-0.2, -0.15) is 5.26 Å². The van der Waals surface area contributed by atoms with Gasteiger partial charge < -0.3 is 0 Å². The summed E-state index contributed by atoms with van der Waals surface area (Å²) < 4.78 is 0. The third-order valence-electron chi connectivity index (χ3n) is 13.2. The molecule has 4 aliphatic carbocycles. The number of hydrogen-bond acceptors (Lipinski definition) is 4. The van der Waals surface area contributed by atoms with Gasteiger partial charge in [0.1, 0.15) is 0 Å². The minimum atomic E-state index is 0.225. The van der Waals surface area contributed by atoms with Crippen molar-refractivity contribution in [3.8, 4) is 62.5 Å². The number of aromatic nitrogens is 3. The summed E-state index contributed by atoms with van der Waals surface area (Å²) in [6.45, 7) is 4.55. The van der Waals surface area contributed by atoms with Crippen LogP contribution in [0.15, 0.2) is 146 Å². The van der Waals surface area contributed by atoms with Gasteiger partial charge in [0.05, 0.1) is 11.6 Å². The smallest absolute Gasteiger partial charge is 0.164 e. The van der Waals surface area contributed by atoms with Crippen LogP contribution in [0.4, 0.5) is 0 Å².